The predicted molar refractivity (Wildman–Crippen MR) is 129 cm³/mol. The highest BCUT2D eigenvalue weighted by Crippen LogP contribution is 2.33. The van der Waals surface area contributed by atoms with E-state index >= 15 is 0 Å². The lowest BCUT2D eigenvalue weighted by Gasteiger charge is -2.19. The fourth-order valence-electron chi connectivity index (χ4n) is 3.93. The molecule has 1 aromatic heterocycles. The number of aryl methyl sites for hydroxylation is 2. The van der Waals surface area contributed by atoms with Crippen LogP contribution in [0.5, 0.6) is 11.5 Å². The van der Waals surface area contributed by atoms with Crippen LogP contribution in [0.1, 0.15) is 41.3 Å². The van der Waals surface area contributed by atoms with Gasteiger partial charge in [0.1, 0.15) is 11.8 Å². The maximum Gasteiger partial charge on any atom is 0.306 e. The van der Waals surface area contributed by atoms with Gasteiger partial charge in [-0.25, -0.2) is 5.01 Å². The lowest BCUT2D eigenvalue weighted by molar-refractivity contribution is -0.152. The van der Waals surface area contributed by atoms with Gasteiger partial charge in [-0.15, -0.1) is 0 Å². The lowest BCUT2D eigenvalue weighted by Crippen LogP contribution is -2.31. The Morgan fingerprint density at radius 2 is 1.83 bits per heavy atom. The summed E-state index contributed by atoms with van der Waals surface area (Å²) in [6.45, 7) is 1.62. The Bertz CT molecular complexity index is 1200. The maximum atomic E-state index is 13.0. The number of ether oxygens (including phenoxy) is 3. The van der Waals surface area contributed by atoms with E-state index in [2.05, 4.69) is 5.10 Å². The van der Waals surface area contributed by atoms with E-state index in [1.54, 1.807) is 32.6 Å². The van der Waals surface area contributed by atoms with Crippen molar-refractivity contribution >= 4 is 17.6 Å². The molecule has 1 aliphatic rings. The van der Waals surface area contributed by atoms with Crippen molar-refractivity contribution in [3.8, 4) is 11.5 Å². The van der Waals surface area contributed by atoms with Crippen molar-refractivity contribution in [3.05, 3.63) is 83.3 Å². The summed E-state index contributed by atoms with van der Waals surface area (Å²) in [5.41, 5.74) is 3.76. The molecule has 0 saturated carbocycles. The number of furan rings is 1. The fraction of sp³-hybridized carbons (Fsp3) is 0.296. The van der Waals surface area contributed by atoms with Gasteiger partial charge in [0, 0.05) is 12.8 Å². The average Bonchev–Trinajstić information content (AvgIpc) is 3.56. The van der Waals surface area contributed by atoms with Crippen LogP contribution in [0.25, 0.3) is 0 Å². The largest absolute Gasteiger partial charge is 0.493 e. The first-order valence-electron chi connectivity index (χ1n) is 11.3. The van der Waals surface area contributed by atoms with E-state index in [-0.39, 0.29) is 12.5 Å². The number of hydrazone groups is 1. The summed E-state index contributed by atoms with van der Waals surface area (Å²) in [5.74, 6) is 0.960. The second-order valence-electron chi connectivity index (χ2n) is 8.24. The molecule has 35 heavy (non-hydrogen) atoms. The standard InChI is InChI=1S/C27H28N2O6/c1-18-6-10-20(11-7-18)21-16-22(23-5-4-14-34-23)29(28-21)26(30)17-35-27(31)13-9-19-8-12-24(32-2)25(15-19)33-3/h4-8,10-12,14-15,22H,9,13,16-17H2,1-3H3. The Balaban J connectivity index is 1.38. The molecule has 1 unspecified atom stereocenters. The molecule has 2 aromatic carbocycles. The Labute approximate surface area is 204 Å². The zero-order valence-corrected chi connectivity index (χ0v) is 20.0. The van der Waals surface area contributed by atoms with E-state index in [4.69, 9.17) is 18.6 Å². The van der Waals surface area contributed by atoms with Crippen molar-refractivity contribution in [1.29, 1.82) is 0 Å². The predicted octanol–water partition coefficient (Wildman–Crippen LogP) is 4.46. The topological polar surface area (TPSA) is 90.6 Å². The molecule has 0 bridgehead atoms. The van der Waals surface area contributed by atoms with Crippen LogP contribution in [-0.2, 0) is 20.7 Å². The number of carbonyl (C=O) groups is 2. The van der Waals surface area contributed by atoms with Gasteiger partial charge >= 0.3 is 5.97 Å². The molecular weight excluding hydrogens is 448 g/mol. The Kier molecular flexibility index (Phi) is 7.50. The summed E-state index contributed by atoms with van der Waals surface area (Å²) >= 11 is 0. The average molecular weight is 477 g/mol. The van der Waals surface area contributed by atoms with Gasteiger partial charge in [0.25, 0.3) is 5.91 Å². The molecule has 0 radical (unpaired) electrons. The van der Waals surface area contributed by atoms with Crippen molar-refractivity contribution in [2.45, 2.75) is 32.2 Å². The Morgan fingerprint density at radius 1 is 1.06 bits per heavy atom. The summed E-state index contributed by atoms with van der Waals surface area (Å²) in [6.07, 6.45) is 2.65. The second kappa shape index (κ2) is 10.9. The number of benzene rings is 2. The molecule has 1 atom stereocenters. The molecule has 0 spiro atoms. The number of esters is 1. The summed E-state index contributed by atoms with van der Waals surface area (Å²) in [6, 6.07) is 16.6. The molecule has 8 nitrogen and oxygen atoms in total. The number of carbonyl (C=O) groups excluding carboxylic acids is 2. The second-order valence-corrected chi connectivity index (χ2v) is 8.24. The highest BCUT2D eigenvalue weighted by atomic mass is 16.5. The number of amides is 1. The van der Waals surface area contributed by atoms with Gasteiger partial charge < -0.3 is 18.6 Å². The van der Waals surface area contributed by atoms with Gasteiger partial charge in [0.15, 0.2) is 18.1 Å². The Morgan fingerprint density at radius 3 is 2.51 bits per heavy atom. The van der Waals surface area contributed by atoms with Crippen LogP contribution in [0.4, 0.5) is 0 Å². The van der Waals surface area contributed by atoms with Crippen molar-refractivity contribution in [2.75, 3.05) is 20.8 Å². The van der Waals surface area contributed by atoms with Gasteiger partial charge in [-0.1, -0.05) is 35.9 Å². The molecule has 3 aromatic rings. The van der Waals surface area contributed by atoms with E-state index in [1.807, 2.05) is 49.4 Å². The van der Waals surface area contributed by atoms with Gasteiger partial charge in [-0.05, 0) is 48.7 Å². The molecule has 1 amide bonds. The molecular formula is C27H28N2O6. The third-order valence-electron chi connectivity index (χ3n) is 5.84. The fourth-order valence-corrected chi connectivity index (χ4v) is 3.93. The monoisotopic (exact) mass is 476 g/mol. The molecule has 0 saturated heterocycles. The van der Waals surface area contributed by atoms with E-state index < -0.39 is 18.5 Å². The van der Waals surface area contributed by atoms with Crippen LogP contribution in [0.3, 0.4) is 0 Å². The number of methoxy groups -OCH3 is 2. The van der Waals surface area contributed by atoms with Crippen molar-refractivity contribution in [1.82, 2.24) is 5.01 Å². The molecule has 0 aliphatic carbocycles. The third kappa shape index (κ3) is 5.71. The van der Waals surface area contributed by atoms with Crippen LogP contribution in [-0.4, -0.2) is 43.4 Å². The number of nitrogens with zero attached hydrogens (tertiary/aromatic N) is 2. The molecule has 0 fully saturated rings. The minimum absolute atomic E-state index is 0.127. The quantitative estimate of drug-likeness (QED) is 0.424. The van der Waals surface area contributed by atoms with Crippen LogP contribution in [0, 0.1) is 6.92 Å². The summed E-state index contributed by atoms with van der Waals surface area (Å²) in [5, 5.41) is 5.91. The van der Waals surface area contributed by atoms with E-state index in [0.717, 1.165) is 22.4 Å². The van der Waals surface area contributed by atoms with E-state index in [0.29, 0.717) is 30.1 Å². The minimum Gasteiger partial charge on any atom is -0.493 e. The highest BCUT2D eigenvalue weighted by Gasteiger charge is 2.35. The maximum absolute atomic E-state index is 13.0. The van der Waals surface area contributed by atoms with Gasteiger partial charge in [-0.3, -0.25) is 9.59 Å². The first-order chi connectivity index (χ1) is 17.0. The highest BCUT2D eigenvalue weighted by molar-refractivity contribution is 6.03. The van der Waals surface area contributed by atoms with Gasteiger partial charge in [-0.2, -0.15) is 5.10 Å². The minimum atomic E-state index is -0.468. The molecule has 1 aliphatic heterocycles. The summed E-state index contributed by atoms with van der Waals surface area (Å²) in [7, 11) is 3.12. The van der Waals surface area contributed by atoms with E-state index in [1.165, 1.54) is 5.01 Å². The van der Waals surface area contributed by atoms with Crippen LogP contribution in [0.15, 0.2) is 70.4 Å². The van der Waals surface area contributed by atoms with Crippen molar-refractivity contribution < 1.29 is 28.2 Å². The first-order valence-corrected chi connectivity index (χ1v) is 11.3. The first kappa shape index (κ1) is 24.1. The zero-order valence-electron chi connectivity index (χ0n) is 20.0. The number of rotatable bonds is 9. The third-order valence-corrected chi connectivity index (χ3v) is 5.84. The molecule has 4 rings (SSSR count). The molecule has 182 valence electrons. The lowest BCUT2D eigenvalue weighted by atomic mass is 10.0. The van der Waals surface area contributed by atoms with Crippen LogP contribution in [0.2, 0.25) is 0 Å². The van der Waals surface area contributed by atoms with Gasteiger partial charge in [0.2, 0.25) is 0 Å². The van der Waals surface area contributed by atoms with Crippen molar-refractivity contribution in [2.24, 2.45) is 5.10 Å². The summed E-state index contributed by atoms with van der Waals surface area (Å²) in [4.78, 5) is 25.3. The zero-order chi connectivity index (χ0) is 24.8. The smallest absolute Gasteiger partial charge is 0.306 e. The SMILES string of the molecule is COc1ccc(CCC(=O)OCC(=O)N2N=C(c3ccc(C)cc3)CC2c2ccco2)cc1OC. The number of hydrogen-bond donors (Lipinski definition) is 0. The summed E-state index contributed by atoms with van der Waals surface area (Å²) < 4.78 is 21.4. The molecule has 2 heterocycles. The van der Waals surface area contributed by atoms with Gasteiger partial charge in [0.05, 0.1) is 26.2 Å². The van der Waals surface area contributed by atoms with E-state index in [9.17, 15) is 9.59 Å². The molecule has 8 heteroatoms. The number of hydrogen-bond acceptors (Lipinski definition) is 7. The van der Waals surface area contributed by atoms with Crippen LogP contribution >= 0.6 is 0 Å². The molecule has 0 N–H and O–H groups in total. The van der Waals surface area contributed by atoms with Crippen LogP contribution < -0.4 is 9.47 Å². The Hall–Kier alpha value is -4.07. The normalized spacial score (nSPS) is 15.0. The van der Waals surface area contributed by atoms with Crippen molar-refractivity contribution in [3.63, 3.8) is 0 Å².